The molecule has 0 saturated carbocycles. The van der Waals surface area contributed by atoms with Crippen molar-refractivity contribution in [2.75, 3.05) is 0 Å². The second-order valence-corrected chi connectivity index (χ2v) is 0.346. The van der Waals surface area contributed by atoms with E-state index in [0.717, 1.165) is 0 Å². The van der Waals surface area contributed by atoms with E-state index in [9.17, 15) is 0 Å². The van der Waals surface area contributed by atoms with Crippen molar-refractivity contribution in [3.63, 3.8) is 0 Å². The van der Waals surface area contributed by atoms with Crippen molar-refractivity contribution < 1.29 is 15.1 Å². The predicted molar refractivity (Wildman–Crippen MR) is 28.1 cm³/mol. The number of rotatable bonds is 0. The molecule has 0 aromatic carbocycles. The SMILES string of the molecule is OB(O)O.[MgH2].[NaH]. The minimum absolute atomic E-state index is 0. The molecule has 0 rings (SSSR count). The second-order valence-electron chi connectivity index (χ2n) is 0.346. The van der Waals surface area contributed by atoms with Crippen LogP contribution in [-0.4, -0.2) is 75.0 Å². The first-order valence-electron chi connectivity index (χ1n) is 0.775. The van der Waals surface area contributed by atoms with Gasteiger partial charge in [0.15, 0.2) is 0 Å². The first kappa shape index (κ1) is 15.6. The summed E-state index contributed by atoms with van der Waals surface area (Å²) in [6.45, 7) is 0. The molecule has 0 spiro atoms. The Labute approximate surface area is 74.4 Å². The first-order valence-corrected chi connectivity index (χ1v) is 0.775. The van der Waals surface area contributed by atoms with Crippen LogP contribution in [0.4, 0.5) is 0 Å². The van der Waals surface area contributed by atoms with Crippen LogP contribution in [0.3, 0.4) is 0 Å². The number of hydrogen-bond acceptors (Lipinski definition) is 3. The molecule has 0 bridgehead atoms. The Morgan fingerprint density at radius 2 is 1.00 bits per heavy atom. The monoisotopic (exact) mass is 112 g/mol. The third kappa shape index (κ3) is 43.3. The average Bonchev–Trinajstić information content (AvgIpc) is 0.811. The summed E-state index contributed by atoms with van der Waals surface area (Å²) in [6.07, 6.45) is 0. The van der Waals surface area contributed by atoms with Crippen molar-refractivity contribution in [1.29, 1.82) is 0 Å². The second kappa shape index (κ2) is 9.86. The van der Waals surface area contributed by atoms with Gasteiger partial charge in [-0.15, -0.1) is 0 Å². The summed E-state index contributed by atoms with van der Waals surface area (Å²) in [4.78, 5) is 0. The van der Waals surface area contributed by atoms with Crippen LogP contribution in [0.1, 0.15) is 0 Å². The molecule has 0 aromatic rings. The maximum atomic E-state index is 7.17. The van der Waals surface area contributed by atoms with E-state index in [1.807, 2.05) is 0 Å². The van der Waals surface area contributed by atoms with Gasteiger partial charge in [-0.25, -0.2) is 0 Å². The van der Waals surface area contributed by atoms with Gasteiger partial charge >= 0.3 is 59.9 Å². The Bertz CT molecular complexity index is 15.5. The molecule has 3 nitrogen and oxygen atoms in total. The van der Waals surface area contributed by atoms with Crippen LogP contribution in [0, 0.1) is 0 Å². The maximum absolute atomic E-state index is 7.17. The van der Waals surface area contributed by atoms with Crippen LogP contribution in [0.25, 0.3) is 0 Å². The van der Waals surface area contributed by atoms with Gasteiger partial charge in [-0.3, -0.25) is 0 Å². The quantitative estimate of drug-likeness (QED) is 0.284. The molecule has 0 aliphatic rings. The van der Waals surface area contributed by atoms with Gasteiger partial charge in [0.25, 0.3) is 0 Å². The fraction of sp³-hybridized carbons (Fsp3) is 0. The normalized spacial score (nSPS) is 4.50. The third-order valence-corrected chi connectivity index (χ3v) is 0. The van der Waals surface area contributed by atoms with Crippen molar-refractivity contribution in [1.82, 2.24) is 0 Å². The average molecular weight is 112 g/mol. The van der Waals surface area contributed by atoms with Crippen molar-refractivity contribution in [2.24, 2.45) is 0 Å². The Hall–Kier alpha value is 1.71. The summed E-state index contributed by atoms with van der Waals surface area (Å²) in [5.74, 6) is 0. The van der Waals surface area contributed by atoms with Crippen LogP contribution in [0.15, 0.2) is 0 Å². The molecule has 3 N–H and O–H groups in total. The predicted octanol–water partition coefficient (Wildman–Crippen LogP) is -3.62. The van der Waals surface area contributed by atoms with Gasteiger partial charge in [-0.2, -0.15) is 0 Å². The molecule has 0 amide bonds. The summed E-state index contributed by atoms with van der Waals surface area (Å²) in [6, 6.07) is 0. The summed E-state index contributed by atoms with van der Waals surface area (Å²) in [5.41, 5.74) is 0. The van der Waals surface area contributed by atoms with E-state index in [4.69, 9.17) is 15.1 Å². The van der Waals surface area contributed by atoms with Gasteiger partial charge in [0.05, 0.1) is 0 Å². The Morgan fingerprint density at radius 1 is 1.00 bits per heavy atom. The topological polar surface area (TPSA) is 60.7 Å². The van der Waals surface area contributed by atoms with Crippen molar-refractivity contribution >= 4 is 59.9 Å². The zero-order chi connectivity index (χ0) is 3.58. The molecule has 6 heavy (non-hydrogen) atoms. The molecule has 0 unspecified atom stereocenters. The van der Waals surface area contributed by atoms with Crippen molar-refractivity contribution in [3.05, 3.63) is 0 Å². The Kier molecular flexibility index (Phi) is 25.7. The molecule has 30 valence electrons. The summed E-state index contributed by atoms with van der Waals surface area (Å²) < 4.78 is 0. The summed E-state index contributed by atoms with van der Waals surface area (Å²) in [7, 11) is -2.17. The van der Waals surface area contributed by atoms with Gasteiger partial charge in [0, 0.05) is 0 Å². The first-order chi connectivity index (χ1) is 1.73. The van der Waals surface area contributed by atoms with Gasteiger partial charge in [0.1, 0.15) is 0 Å². The van der Waals surface area contributed by atoms with E-state index in [0.29, 0.717) is 0 Å². The zero-order valence-electron chi connectivity index (χ0n) is 1.92. The summed E-state index contributed by atoms with van der Waals surface area (Å²) >= 11 is 0. The molecule has 0 saturated heterocycles. The molecule has 0 aliphatic heterocycles. The van der Waals surface area contributed by atoms with E-state index in [2.05, 4.69) is 0 Å². The van der Waals surface area contributed by atoms with Gasteiger partial charge < -0.3 is 15.1 Å². The molecule has 0 aliphatic carbocycles. The molecular formula is H6BMgNaO3. The minimum atomic E-state index is -2.17. The van der Waals surface area contributed by atoms with Crippen LogP contribution < -0.4 is 0 Å². The fourth-order valence-electron chi connectivity index (χ4n) is 0. The van der Waals surface area contributed by atoms with E-state index in [-0.39, 0.29) is 52.6 Å². The van der Waals surface area contributed by atoms with Gasteiger partial charge in [0.2, 0.25) is 0 Å². The molecular weight excluding hydrogens is 106 g/mol. The van der Waals surface area contributed by atoms with Crippen LogP contribution >= 0.6 is 0 Å². The molecule has 0 aromatic heterocycles. The van der Waals surface area contributed by atoms with E-state index in [1.54, 1.807) is 0 Å². The number of hydrogen-bond donors (Lipinski definition) is 3. The van der Waals surface area contributed by atoms with Crippen molar-refractivity contribution in [3.8, 4) is 0 Å². The van der Waals surface area contributed by atoms with Crippen LogP contribution in [0.5, 0.6) is 0 Å². The summed E-state index contributed by atoms with van der Waals surface area (Å²) in [5, 5.41) is 21.5. The molecule has 0 radical (unpaired) electrons. The molecule has 0 atom stereocenters. The standard InChI is InChI=1S/BH3O3.Mg.Na.3H/c2-1(3)4;;;;;/h2-4H;;;;;. The van der Waals surface area contributed by atoms with Crippen LogP contribution in [0.2, 0.25) is 0 Å². The Balaban J connectivity index is -0.0000000450. The fourth-order valence-corrected chi connectivity index (χ4v) is 0. The van der Waals surface area contributed by atoms with E-state index in [1.165, 1.54) is 0 Å². The van der Waals surface area contributed by atoms with Gasteiger partial charge in [-0.05, 0) is 0 Å². The van der Waals surface area contributed by atoms with Gasteiger partial charge in [-0.1, -0.05) is 0 Å². The van der Waals surface area contributed by atoms with Crippen molar-refractivity contribution in [2.45, 2.75) is 0 Å². The van der Waals surface area contributed by atoms with Crippen LogP contribution in [-0.2, 0) is 0 Å². The Morgan fingerprint density at radius 3 is 1.00 bits per heavy atom. The zero-order valence-corrected chi connectivity index (χ0v) is 1.92. The molecule has 0 fully saturated rings. The third-order valence-electron chi connectivity index (χ3n) is 0. The molecule has 0 heterocycles. The van der Waals surface area contributed by atoms with E-state index < -0.39 is 7.32 Å². The molecule has 6 heteroatoms. The van der Waals surface area contributed by atoms with E-state index >= 15 is 0 Å².